The highest BCUT2D eigenvalue weighted by Crippen LogP contribution is 2.17. The fourth-order valence-corrected chi connectivity index (χ4v) is 0. The summed E-state index contributed by atoms with van der Waals surface area (Å²) in [7, 11) is -2.45. The van der Waals surface area contributed by atoms with Crippen LogP contribution in [0.5, 0.6) is 0 Å². The third kappa shape index (κ3) is 4.11. The molecule has 0 unspecified atom stereocenters. The van der Waals surface area contributed by atoms with Crippen molar-refractivity contribution in [2.75, 3.05) is 7.05 Å². The summed E-state index contributed by atoms with van der Waals surface area (Å²) >= 11 is 0. The predicted octanol–water partition coefficient (Wildman–Crippen LogP) is -1.73. The van der Waals surface area contributed by atoms with Crippen molar-refractivity contribution >= 4 is 7.75 Å². The molecule has 0 amide bonds. The minimum atomic E-state index is -3.77. The summed E-state index contributed by atoms with van der Waals surface area (Å²) in [6.45, 7) is 0. The molecule has 0 saturated carbocycles. The van der Waals surface area contributed by atoms with E-state index in [1.165, 1.54) is 7.05 Å². The quantitative estimate of drug-likeness (QED) is 0.353. The van der Waals surface area contributed by atoms with Gasteiger partial charge in [0.15, 0.2) is 0 Å². The van der Waals surface area contributed by atoms with Gasteiger partial charge in [0.1, 0.15) is 0 Å². The van der Waals surface area contributed by atoms with Crippen LogP contribution in [0.3, 0.4) is 0 Å². The molecule has 6 heavy (non-hydrogen) atoms. The van der Waals surface area contributed by atoms with Crippen LogP contribution in [0.4, 0.5) is 0 Å². The van der Waals surface area contributed by atoms with Crippen LogP contribution in [0, 0.1) is 0 Å². The topological polar surface area (TPSA) is 74.1 Å². The van der Waals surface area contributed by atoms with Crippen molar-refractivity contribution in [3.63, 3.8) is 0 Å². The normalized spacial score (nSPS) is 11.8. The first kappa shape index (κ1) is 6.11. The molecule has 0 aliphatic carbocycles. The van der Waals surface area contributed by atoms with Crippen LogP contribution in [0.1, 0.15) is 0 Å². The second-order valence-corrected chi connectivity index (χ2v) is 2.54. The van der Waals surface area contributed by atoms with Gasteiger partial charge in [-0.2, -0.15) is 0 Å². The Morgan fingerprint density at radius 3 is 1.83 bits per heavy atom. The second-order valence-electron chi connectivity index (χ2n) is 0.847. The third-order valence-electron chi connectivity index (χ3n) is 0.336. The Morgan fingerprint density at radius 2 is 1.83 bits per heavy atom. The lowest BCUT2D eigenvalue weighted by atomic mass is 11.6. The Balaban J connectivity index is 3.48. The minimum absolute atomic E-state index is 0.854. The molecule has 0 rings (SSSR count). The van der Waals surface area contributed by atoms with Crippen LogP contribution in [0.15, 0.2) is 0 Å². The van der Waals surface area contributed by atoms with Crippen LogP contribution >= 0.6 is 7.75 Å². The molecule has 4 nitrogen and oxygen atoms in total. The molecule has 0 aliphatic rings. The Morgan fingerprint density at radius 1 is 1.67 bits per heavy atom. The van der Waals surface area contributed by atoms with Gasteiger partial charge in [-0.25, -0.2) is 4.57 Å². The van der Waals surface area contributed by atoms with E-state index >= 15 is 0 Å². The van der Waals surface area contributed by atoms with E-state index in [1.807, 2.05) is 0 Å². The summed E-state index contributed by atoms with van der Waals surface area (Å²) in [5.74, 6) is 0. The van der Waals surface area contributed by atoms with Crippen LogP contribution in [0.25, 0.3) is 0 Å². The van der Waals surface area contributed by atoms with Gasteiger partial charge in [0.2, 0.25) is 0 Å². The van der Waals surface area contributed by atoms with Crippen LogP contribution in [-0.4, -0.2) is 16.8 Å². The molecule has 5 heteroatoms. The molecular formula is CH7NO3P+. The largest absolute Gasteiger partial charge is 0.523 e. The second kappa shape index (κ2) is 1.71. The summed E-state index contributed by atoms with van der Waals surface area (Å²) < 4.78 is 9.64. The van der Waals surface area contributed by atoms with Gasteiger partial charge in [0.25, 0.3) is 0 Å². The average Bonchev–Trinajstić information content (AvgIpc) is 1.35. The SMILES string of the molecule is C[NH2+]P(=O)(O)O. The van der Waals surface area contributed by atoms with Crippen molar-refractivity contribution in [2.24, 2.45) is 0 Å². The van der Waals surface area contributed by atoms with Crippen molar-refractivity contribution < 1.29 is 19.4 Å². The Labute approximate surface area is 35.4 Å². The van der Waals surface area contributed by atoms with Crippen molar-refractivity contribution in [2.45, 2.75) is 0 Å². The van der Waals surface area contributed by atoms with E-state index < -0.39 is 7.75 Å². The van der Waals surface area contributed by atoms with E-state index in [-0.39, 0.29) is 0 Å². The Kier molecular flexibility index (Phi) is 1.74. The van der Waals surface area contributed by atoms with Crippen molar-refractivity contribution in [3.05, 3.63) is 0 Å². The number of rotatable bonds is 1. The first-order valence-corrected chi connectivity index (χ1v) is 3.10. The molecule has 38 valence electrons. The molecule has 0 atom stereocenters. The monoisotopic (exact) mass is 112 g/mol. The maximum Gasteiger partial charge on any atom is 0.523 e. The summed E-state index contributed by atoms with van der Waals surface area (Å²) in [5, 5.41) is 0.854. The number of hydrogen-bond donors (Lipinski definition) is 3. The van der Waals surface area contributed by atoms with Crippen molar-refractivity contribution in [3.8, 4) is 0 Å². The van der Waals surface area contributed by atoms with Gasteiger partial charge in [-0.1, -0.05) is 0 Å². The van der Waals surface area contributed by atoms with E-state index in [0.717, 1.165) is 5.09 Å². The highest BCUT2D eigenvalue weighted by atomic mass is 31.2. The maximum atomic E-state index is 9.64. The molecular weight excluding hydrogens is 105 g/mol. The van der Waals surface area contributed by atoms with Crippen molar-refractivity contribution in [1.82, 2.24) is 0 Å². The van der Waals surface area contributed by atoms with Gasteiger partial charge < -0.3 is 0 Å². The van der Waals surface area contributed by atoms with Gasteiger partial charge in [-0.3, -0.25) is 14.9 Å². The summed E-state index contributed by atoms with van der Waals surface area (Å²) in [4.78, 5) is 15.8. The molecule has 0 aromatic carbocycles. The molecule has 0 aliphatic heterocycles. The zero-order chi connectivity index (χ0) is 5.21. The summed E-state index contributed by atoms with van der Waals surface area (Å²) in [5.41, 5.74) is 0. The summed E-state index contributed by atoms with van der Waals surface area (Å²) in [6.07, 6.45) is 0. The predicted molar refractivity (Wildman–Crippen MR) is 19.9 cm³/mol. The Hall–Kier alpha value is 0.110. The smallest absolute Gasteiger partial charge is 0.279 e. The molecule has 0 fully saturated rings. The first-order chi connectivity index (χ1) is 2.56. The van der Waals surface area contributed by atoms with Gasteiger partial charge in [0, 0.05) is 0 Å². The van der Waals surface area contributed by atoms with E-state index in [4.69, 9.17) is 9.79 Å². The van der Waals surface area contributed by atoms with Crippen molar-refractivity contribution in [1.29, 1.82) is 0 Å². The molecule has 0 aromatic heterocycles. The maximum absolute atomic E-state index is 9.64. The fourth-order valence-electron chi connectivity index (χ4n) is 0. The number of nitrogens with two attached hydrogens (primary N) is 1. The third-order valence-corrected chi connectivity index (χ3v) is 1.01. The van der Waals surface area contributed by atoms with Gasteiger partial charge >= 0.3 is 7.75 Å². The van der Waals surface area contributed by atoms with Crippen LogP contribution in [0.2, 0.25) is 0 Å². The lowest BCUT2D eigenvalue weighted by molar-refractivity contribution is -0.491. The summed E-state index contributed by atoms with van der Waals surface area (Å²) in [6, 6.07) is 0. The lowest BCUT2D eigenvalue weighted by Crippen LogP contribution is -2.73. The standard InChI is InChI=1S/CH6NO3P/c1-2-6(3,4)5/h1H3,(H3,2,3,4,5)/p+1. The molecule has 0 aromatic rings. The molecule has 0 radical (unpaired) electrons. The van der Waals surface area contributed by atoms with Crippen LogP contribution < -0.4 is 5.09 Å². The molecule has 0 saturated heterocycles. The molecule has 0 heterocycles. The van der Waals surface area contributed by atoms with E-state index in [0.29, 0.717) is 0 Å². The lowest BCUT2D eigenvalue weighted by Gasteiger charge is -1.90. The Bertz CT molecular complexity index is 74.9. The van der Waals surface area contributed by atoms with E-state index in [2.05, 4.69) is 0 Å². The number of hydrogen-bond acceptors (Lipinski definition) is 1. The van der Waals surface area contributed by atoms with Gasteiger partial charge in [-0.15, -0.1) is 0 Å². The molecule has 4 N–H and O–H groups in total. The van der Waals surface area contributed by atoms with E-state index in [9.17, 15) is 4.57 Å². The minimum Gasteiger partial charge on any atom is -0.279 e. The van der Waals surface area contributed by atoms with Crippen LogP contribution in [-0.2, 0) is 4.57 Å². The average molecular weight is 112 g/mol. The highest BCUT2D eigenvalue weighted by Gasteiger charge is 2.11. The number of quaternary nitrogens is 1. The molecule has 0 spiro atoms. The zero-order valence-corrected chi connectivity index (χ0v) is 4.22. The molecule has 0 bridgehead atoms. The zero-order valence-electron chi connectivity index (χ0n) is 3.33. The fraction of sp³-hybridized carbons (Fsp3) is 1.00. The highest BCUT2D eigenvalue weighted by molar-refractivity contribution is 7.44. The first-order valence-electron chi connectivity index (χ1n) is 1.42. The van der Waals surface area contributed by atoms with Gasteiger partial charge in [0.05, 0.1) is 7.05 Å². The van der Waals surface area contributed by atoms with Gasteiger partial charge in [-0.05, 0) is 0 Å². The van der Waals surface area contributed by atoms with E-state index in [1.54, 1.807) is 0 Å².